The van der Waals surface area contributed by atoms with Gasteiger partial charge in [0, 0.05) is 24.6 Å². The first kappa shape index (κ1) is 18.8. The van der Waals surface area contributed by atoms with Crippen LogP contribution in [0.3, 0.4) is 0 Å². The van der Waals surface area contributed by atoms with Gasteiger partial charge in [-0.1, -0.05) is 0 Å². The monoisotopic (exact) mass is 415 g/mol. The molecule has 1 aliphatic rings. The number of hydrogen-bond donors (Lipinski definition) is 1. The minimum Gasteiger partial charge on any atom is -0.346 e. The summed E-state index contributed by atoms with van der Waals surface area (Å²) < 4.78 is 27.5. The highest BCUT2D eigenvalue weighted by Gasteiger charge is 2.28. The van der Waals surface area contributed by atoms with Crippen molar-refractivity contribution in [3.8, 4) is 0 Å². The Labute approximate surface area is 168 Å². The number of aromatic nitrogens is 1. The molecule has 3 aromatic rings. The van der Waals surface area contributed by atoms with Gasteiger partial charge in [-0.15, -0.1) is 0 Å². The van der Waals surface area contributed by atoms with Crippen molar-refractivity contribution in [1.29, 1.82) is 0 Å². The Bertz CT molecular complexity index is 993. The van der Waals surface area contributed by atoms with Crippen LogP contribution in [0.25, 0.3) is 0 Å². The van der Waals surface area contributed by atoms with Gasteiger partial charge in [0.05, 0.1) is 23.9 Å². The van der Waals surface area contributed by atoms with Crippen LogP contribution in [-0.2, 0) is 14.8 Å². The van der Waals surface area contributed by atoms with Gasteiger partial charge in [0.15, 0.2) is 0 Å². The molecule has 1 aromatic carbocycles. The highest BCUT2D eigenvalue weighted by Crippen LogP contribution is 2.27. The molecular weight excluding hydrogens is 394 g/mol. The zero-order valence-electron chi connectivity index (χ0n) is 15.2. The first-order chi connectivity index (χ1) is 13.5. The Morgan fingerprint density at radius 3 is 2.50 bits per heavy atom. The maximum Gasteiger partial charge on any atom is 0.235 e. The molecule has 0 bridgehead atoms. The predicted molar refractivity (Wildman–Crippen MR) is 112 cm³/mol. The van der Waals surface area contributed by atoms with E-state index in [1.807, 2.05) is 40.5 Å². The van der Waals surface area contributed by atoms with Gasteiger partial charge < -0.3 is 9.88 Å². The number of benzene rings is 1. The summed E-state index contributed by atoms with van der Waals surface area (Å²) in [6.07, 6.45) is 4.87. The summed E-state index contributed by atoms with van der Waals surface area (Å²) in [6.45, 7) is 0.507. The van der Waals surface area contributed by atoms with E-state index >= 15 is 0 Å². The second kappa shape index (κ2) is 7.81. The topological polar surface area (TPSA) is 71.4 Å². The molecule has 146 valence electrons. The summed E-state index contributed by atoms with van der Waals surface area (Å²) in [4.78, 5) is 12.6. The number of rotatable bonds is 6. The second-order valence-electron chi connectivity index (χ2n) is 6.74. The molecule has 2 aromatic heterocycles. The molecule has 1 saturated heterocycles. The summed E-state index contributed by atoms with van der Waals surface area (Å²) in [5.41, 5.74) is 2.40. The van der Waals surface area contributed by atoms with Crippen molar-refractivity contribution in [2.75, 3.05) is 21.9 Å². The van der Waals surface area contributed by atoms with Gasteiger partial charge in [-0.05, 0) is 65.2 Å². The fraction of sp³-hybridized carbons (Fsp3) is 0.250. The van der Waals surface area contributed by atoms with E-state index in [4.69, 9.17) is 0 Å². The lowest BCUT2D eigenvalue weighted by molar-refractivity contribution is -0.116. The third-order valence-electron chi connectivity index (χ3n) is 4.83. The highest BCUT2D eigenvalue weighted by atomic mass is 32.2. The first-order valence-electron chi connectivity index (χ1n) is 9.08. The number of nitrogens with zero attached hydrogens (tertiary/aromatic N) is 2. The molecule has 0 aliphatic carbocycles. The van der Waals surface area contributed by atoms with Crippen molar-refractivity contribution in [1.82, 2.24) is 4.57 Å². The minimum absolute atomic E-state index is 0.0599. The van der Waals surface area contributed by atoms with Gasteiger partial charge in [0.25, 0.3) is 0 Å². The van der Waals surface area contributed by atoms with Crippen LogP contribution in [0.5, 0.6) is 0 Å². The molecular formula is C20H21N3O3S2. The molecule has 1 N–H and O–H groups in total. The van der Waals surface area contributed by atoms with Crippen LogP contribution in [0.2, 0.25) is 0 Å². The van der Waals surface area contributed by atoms with Crippen LogP contribution in [0, 0.1) is 0 Å². The molecule has 1 atom stereocenters. The zero-order valence-corrected chi connectivity index (χ0v) is 16.8. The Kier molecular flexibility index (Phi) is 5.23. The third-order valence-corrected chi connectivity index (χ3v) is 7.40. The van der Waals surface area contributed by atoms with Crippen molar-refractivity contribution < 1.29 is 13.2 Å². The van der Waals surface area contributed by atoms with E-state index < -0.39 is 10.0 Å². The lowest BCUT2D eigenvalue weighted by atomic mass is 10.1. The molecule has 0 unspecified atom stereocenters. The van der Waals surface area contributed by atoms with E-state index in [1.165, 1.54) is 4.31 Å². The van der Waals surface area contributed by atoms with E-state index in [9.17, 15) is 13.2 Å². The van der Waals surface area contributed by atoms with Crippen LogP contribution >= 0.6 is 11.3 Å². The largest absolute Gasteiger partial charge is 0.346 e. The quantitative estimate of drug-likeness (QED) is 0.667. The summed E-state index contributed by atoms with van der Waals surface area (Å²) in [7, 11) is -3.20. The van der Waals surface area contributed by atoms with E-state index in [2.05, 4.69) is 10.7 Å². The molecule has 0 radical (unpaired) electrons. The standard InChI is InChI=1S/C20H21N3O3S2/c24-20(14-19(16-8-12-27-15-16)22-9-1-2-10-22)21-17-4-6-18(7-5-17)23-11-3-13-28(23,25)26/h1-2,4-10,12,15,19H,3,11,13-14H2,(H,21,24)/t19-/m0/s1. The second-order valence-corrected chi connectivity index (χ2v) is 9.54. The summed E-state index contributed by atoms with van der Waals surface area (Å²) >= 11 is 1.61. The van der Waals surface area contributed by atoms with E-state index in [1.54, 1.807) is 35.6 Å². The Morgan fingerprint density at radius 2 is 1.89 bits per heavy atom. The Morgan fingerprint density at radius 1 is 1.14 bits per heavy atom. The molecule has 28 heavy (non-hydrogen) atoms. The van der Waals surface area contributed by atoms with Crippen molar-refractivity contribution in [2.24, 2.45) is 0 Å². The zero-order chi connectivity index (χ0) is 19.6. The van der Waals surface area contributed by atoms with Gasteiger partial charge in [0.1, 0.15) is 0 Å². The molecule has 1 fully saturated rings. The molecule has 1 amide bonds. The van der Waals surface area contributed by atoms with Gasteiger partial charge in [-0.25, -0.2) is 8.42 Å². The average Bonchev–Trinajstić information content (AvgIpc) is 3.42. The number of carbonyl (C=O) groups excluding carboxylic acids is 1. The lowest BCUT2D eigenvalue weighted by Crippen LogP contribution is -2.25. The van der Waals surface area contributed by atoms with E-state index in [-0.39, 0.29) is 17.7 Å². The third kappa shape index (κ3) is 3.98. The molecule has 0 spiro atoms. The number of sulfonamides is 1. The normalized spacial score (nSPS) is 16.8. The van der Waals surface area contributed by atoms with Gasteiger partial charge >= 0.3 is 0 Å². The highest BCUT2D eigenvalue weighted by molar-refractivity contribution is 7.93. The summed E-state index contributed by atoms with van der Waals surface area (Å²) in [5.74, 6) is 0.0981. The van der Waals surface area contributed by atoms with Gasteiger partial charge in [0.2, 0.25) is 15.9 Å². The van der Waals surface area contributed by atoms with Gasteiger partial charge in [-0.2, -0.15) is 11.3 Å². The molecule has 4 rings (SSSR count). The van der Waals surface area contributed by atoms with Crippen LogP contribution in [-0.4, -0.2) is 31.2 Å². The van der Waals surface area contributed by atoms with Crippen molar-refractivity contribution in [2.45, 2.75) is 18.9 Å². The number of anilines is 2. The van der Waals surface area contributed by atoms with Gasteiger partial charge in [-0.3, -0.25) is 9.10 Å². The summed E-state index contributed by atoms with van der Waals surface area (Å²) in [5, 5.41) is 6.99. The SMILES string of the molecule is O=C(C[C@@H](c1ccsc1)n1cccc1)Nc1ccc(N2CCCS2(=O)=O)cc1. The predicted octanol–water partition coefficient (Wildman–Crippen LogP) is 3.71. The van der Waals surface area contributed by atoms with Crippen LogP contribution in [0.15, 0.2) is 65.6 Å². The maximum atomic E-state index is 12.6. The Balaban J connectivity index is 1.44. The smallest absolute Gasteiger partial charge is 0.235 e. The lowest BCUT2D eigenvalue weighted by Gasteiger charge is -2.19. The first-order valence-corrected chi connectivity index (χ1v) is 11.6. The molecule has 1 aliphatic heterocycles. The number of amides is 1. The van der Waals surface area contributed by atoms with Crippen molar-refractivity contribution in [3.63, 3.8) is 0 Å². The minimum atomic E-state index is -3.20. The van der Waals surface area contributed by atoms with Crippen LogP contribution in [0.4, 0.5) is 11.4 Å². The number of nitrogens with one attached hydrogen (secondary N) is 1. The number of carbonyl (C=O) groups is 1. The molecule has 8 heteroatoms. The van der Waals surface area contributed by atoms with E-state index in [0.717, 1.165) is 5.56 Å². The van der Waals surface area contributed by atoms with Crippen LogP contribution in [0.1, 0.15) is 24.4 Å². The van der Waals surface area contributed by atoms with Crippen LogP contribution < -0.4 is 9.62 Å². The summed E-state index contributed by atoms with van der Waals surface area (Å²) in [6, 6.07) is 12.8. The fourth-order valence-corrected chi connectivity index (χ4v) is 5.72. The molecule has 6 nitrogen and oxygen atoms in total. The fourth-order valence-electron chi connectivity index (χ4n) is 3.44. The van der Waals surface area contributed by atoms with E-state index in [0.29, 0.717) is 30.8 Å². The number of thiophene rings is 1. The van der Waals surface area contributed by atoms with Crippen molar-refractivity contribution in [3.05, 3.63) is 71.2 Å². The maximum absolute atomic E-state index is 12.6. The Hall–Kier alpha value is -2.58. The average molecular weight is 416 g/mol. The molecule has 0 saturated carbocycles. The molecule has 3 heterocycles. The van der Waals surface area contributed by atoms with Crippen molar-refractivity contribution >= 4 is 38.6 Å². The number of hydrogen-bond acceptors (Lipinski definition) is 4.